The fourth-order valence-corrected chi connectivity index (χ4v) is 7.13. The average molecular weight is 642 g/mol. The van der Waals surface area contributed by atoms with Crippen LogP contribution in [0.25, 0.3) is 94.7 Å². The van der Waals surface area contributed by atoms with Gasteiger partial charge in [-0.15, -0.1) is 0 Å². The summed E-state index contributed by atoms with van der Waals surface area (Å²) in [5.41, 5.74) is 9.42. The van der Waals surface area contributed by atoms with Crippen molar-refractivity contribution >= 4 is 43.7 Å². The fraction of sp³-hybridized carbons (Fsp3) is 0. The van der Waals surface area contributed by atoms with Crippen molar-refractivity contribution in [2.45, 2.75) is 0 Å². The molecule has 4 heterocycles. The minimum Gasteiger partial charge on any atom is -0.455 e. The normalized spacial score (nSPS) is 11.6. The van der Waals surface area contributed by atoms with E-state index in [0.717, 1.165) is 66.3 Å². The lowest BCUT2D eigenvalue weighted by Gasteiger charge is -2.11. The molecule has 0 fully saturated rings. The van der Waals surface area contributed by atoms with Gasteiger partial charge in [-0.05, 0) is 48.0 Å². The maximum atomic E-state index is 6.95. The second-order valence-electron chi connectivity index (χ2n) is 12.3. The van der Waals surface area contributed by atoms with Crippen molar-refractivity contribution in [2.75, 3.05) is 0 Å². The number of rotatable bonds is 5. The van der Waals surface area contributed by atoms with E-state index in [2.05, 4.69) is 94.5 Å². The number of furan rings is 1. The van der Waals surface area contributed by atoms with E-state index in [9.17, 15) is 0 Å². The van der Waals surface area contributed by atoms with Crippen LogP contribution in [0.1, 0.15) is 0 Å². The SMILES string of the molecule is c1ccc(-c2nc(-c3ccccc3)nc(-c3ccc(-c4cccnc4)c4c3oc3ccc5c6ccccc6n(-c6ccccc6)c5c34)n2)cc1. The van der Waals surface area contributed by atoms with Gasteiger partial charge in [0.05, 0.1) is 22.0 Å². The summed E-state index contributed by atoms with van der Waals surface area (Å²) in [5, 5.41) is 4.34. The summed E-state index contributed by atoms with van der Waals surface area (Å²) in [7, 11) is 0. The van der Waals surface area contributed by atoms with Gasteiger partial charge in [-0.3, -0.25) is 4.98 Å². The van der Waals surface area contributed by atoms with Crippen molar-refractivity contribution in [3.05, 3.63) is 164 Å². The van der Waals surface area contributed by atoms with Gasteiger partial charge in [-0.1, -0.05) is 109 Å². The lowest BCUT2D eigenvalue weighted by Crippen LogP contribution is -2.00. The smallest absolute Gasteiger partial charge is 0.167 e. The van der Waals surface area contributed by atoms with Crippen LogP contribution in [0.5, 0.6) is 0 Å². The van der Waals surface area contributed by atoms with Gasteiger partial charge in [-0.25, -0.2) is 15.0 Å². The number of aromatic nitrogens is 5. The van der Waals surface area contributed by atoms with E-state index in [1.54, 1.807) is 6.20 Å². The fourth-order valence-electron chi connectivity index (χ4n) is 7.13. The Morgan fingerprint density at radius 3 is 1.78 bits per heavy atom. The highest BCUT2D eigenvalue weighted by Gasteiger charge is 2.24. The molecule has 6 heteroatoms. The predicted molar refractivity (Wildman–Crippen MR) is 201 cm³/mol. The van der Waals surface area contributed by atoms with Crippen LogP contribution >= 0.6 is 0 Å². The first-order valence-electron chi connectivity index (χ1n) is 16.6. The van der Waals surface area contributed by atoms with Crippen molar-refractivity contribution in [1.82, 2.24) is 24.5 Å². The maximum absolute atomic E-state index is 6.95. The number of para-hydroxylation sites is 2. The van der Waals surface area contributed by atoms with Crippen LogP contribution in [-0.2, 0) is 0 Å². The van der Waals surface area contributed by atoms with Crippen molar-refractivity contribution in [1.29, 1.82) is 0 Å². The van der Waals surface area contributed by atoms with Gasteiger partial charge in [0.15, 0.2) is 17.5 Å². The number of nitrogens with zero attached hydrogens (tertiary/aromatic N) is 5. The van der Waals surface area contributed by atoms with Gasteiger partial charge in [-0.2, -0.15) is 0 Å². The van der Waals surface area contributed by atoms with Gasteiger partial charge in [0.2, 0.25) is 0 Å². The molecule has 0 saturated carbocycles. The Balaban J connectivity index is 1.35. The molecule has 0 aliphatic heterocycles. The molecule has 0 spiro atoms. The number of hydrogen-bond acceptors (Lipinski definition) is 5. The van der Waals surface area contributed by atoms with Crippen molar-refractivity contribution in [3.8, 4) is 51.0 Å². The first kappa shape index (κ1) is 28.1. The monoisotopic (exact) mass is 641 g/mol. The molecule has 0 N–H and O–H groups in total. The van der Waals surface area contributed by atoms with E-state index < -0.39 is 0 Å². The molecule has 0 radical (unpaired) electrons. The van der Waals surface area contributed by atoms with Crippen molar-refractivity contribution in [2.24, 2.45) is 0 Å². The summed E-state index contributed by atoms with van der Waals surface area (Å²) in [4.78, 5) is 19.6. The highest BCUT2D eigenvalue weighted by Crippen LogP contribution is 2.46. The van der Waals surface area contributed by atoms with Crippen LogP contribution in [0, 0.1) is 0 Å². The Morgan fingerprint density at radius 1 is 0.460 bits per heavy atom. The molecular formula is C44H27N5O. The van der Waals surface area contributed by atoms with Gasteiger partial charge < -0.3 is 8.98 Å². The summed E-state index contributed by atoms with van der Waals surface area (Å²) >= 11 is 0. The molecule has 4 aromatic heterocycles. The topological polar surface area (TPSA) is 69.6 Å². The summed E-state index contributed by atoms with van der Waals surface area (Å²) in [5.74, 6) is 1.74. The molecule has 0 unspecified atom stereocenters. The summed E-state index contributed by atoms with van der Waals surface area (Å²) < 4.78 is 9.30. The summed E-state index contributed by atoms with van der Waals surface area (Å²) in [6.07, 6.45) is 3.71. The number of benzene rings is 6. The zero-order valence-electron chi connectivity index (χ0n) is 26.7. The second kappa shape index (κ2) is 11.4. The lowest BCUT2D eigenvalue weighted by molar-refractivity contribution is 0.670. The Bertz CT molecular complexity index is 2790. The van der Waals surface area contributed by atoms with Crippen LogP contribution < -0.4 is 0 Å². The third-order valence-electron chi connectivity index (χ3n) is 9.35. The van der Waals surface area contributed by atoms with Crippen LogP contribution in [0.4, 0.5) is 0 Å². The van der Waals surface area contributed by atoms with Crippen LogP contribution in [0.15, 0.2) is 168 Å². The Hall–Kier alpha value is -6.92. The van der Waals surface area contributed by atoms with Crippen LogP contribution in [-0.4, -0.2) is 24.5 Å². The van der Waals surface area contributed by atoms with Crippen LogP contribution in [0.3, 0.4) is 0 Å². The Kier molecular flexibility index (Phi) is 6.39. The Morgan fingerprint density at radius 2 is 1.08 bits per heavy atom. The first-order chi connectivity index (χ1) is 24.8. The molecule has 0 aliphatic rings. The third kappa shape index (κ3) is 4.43. The van der Waals surface area contributed by atoms with Crippen molar-refractivity contribution < 1.29 is 4.42 Å². The van der Waals surface area contributed by atoms with Gasteiger partial charge >= 0.3 is 0 Å². The molecular weight excluding hydrogens is 615 g/mol. The van der Waals surface area contributed by atoms with Gasteiger partial charge in [0.1, 0.15) is 11.2 Å². The van der Waals surface area contributed by atoms with Gasteiger partial charge in [0, 0.05) is 50.9 Å². The minimum atomic E-state index is 0.541. The van der Waals surface area contributed by atoms with E-state index in [4.69, 9.17) is 19.4 Å². The van der Waals surface area contributed by atoms with E-state index in [1.807, 2.05) is 72.9 Å². The Labute approximate surface area is 287 Å². The molecule has 0 aliphatic carbocycles. The number of pyridine rings is 1. The zero-order chi connectivity index (χ0) is 33.0. The number of hydrogen-bond donors (Lipinski definition) is 0. The highest BCUT2D eigenvalue weighted by atomic mass is 16.3. The predicted octanol–water partition coefficient (Wildman–Crippen LogP) is 10.9. The molecule has 6 nitrogen and oxygen atoms in total. The van der Waals surface area contributed by atoms with Crippen molar-refractivity contribution in [3.63, 3.8) is 0 Å². The largest absolute Gasteiger partial charge is 0.455 e. The molecule has 10 aromatic rings. The molecule has 6 aromatic carbocycles. The summed E-state index contributed by atoms with van der Waals surface area (Å²) in [6.45, 7) is 0. The van der Waals surface area contributed by atoms with E-state index >= 15 is 0 Å². The quantitative estimate of drug-likeness (QED) is 0.187. The zero-order valence-corrected chi connectivity index (χ0v) is 26.7. The molecule has 0 atom stereocenters. The lowest BCUT2D eigenvalue weighted by atomic mass is 9.97. The van der Waals surface area contributed by atoms with Crippen LogP contribution in [0.2, 0.25) is 0 Å². The van der Waals surface area contributed by atoms with E-state index in [1.165, 1.54) is 5.39 Å². The number of fused-ring (bicyclic) bond motifs is 7. The average Bonchev–Trinajstić information content (AvgIpc) is 3.75. The highest BCUT2D eigenvalue weighted by molar-refractivity contribution is 6.28. The molecule has 0 saturated heterocycles. The molecule has 0 bridgehead atoms. The molecule has 0 amide bonds. The molecule has 50 heavy (non-hydrogen) atoms. The third-order valence-corrected chi connectivity index (χ3v) is 9.35. The first-order valence-corrected chi connectivity index (χ1v) is 16.6. The van der Waals surface area contributed by atoms with Gasteiger partial charge in [0.25, 0.3) is 0 Å². The molecule has 234 valence electrons. The minimum absolute atomic E-state index is 0.541. The summed E-state index contributed by atoms with van der Waals surface area (Å²) in [6, 6.07) is 51.7. The maximum Gasteiger partial charge on any atom is 0.167 e. The van der Waals surface area contributed by atoms with E-state index in [0.29, 0.717) is 23.1 Å². The standard InChI is InChI=1S/C44H27N5O/c1-4-13-28(14-5-1)42-46-43(29-15-6-2-7-16-29)48-44(47-42)35-23-22-32(30-17-12-26-45-27-30)38-39-37(50-41(35)38)25-24-34-33-20-10-11-21-36(33)49(40(34)39)31-18-8-3-9-19-31/h1-27H. The van der Waals surface area contributed by atoms with E-state index in [-0.39, 0.29) is 0 Å². The second-order valence-corrected chi connectivity index (χ2v) is 12.3. The molecule has 10 rings (SSSR count).